The Labute approximate surface area is 181 Å². The molecule has 0 aromatic carbocycles. The van der Waals surface area contributed by atoms with Gasteiger partial charge in [-0.25, -0.2) is 4.99 Å². The summed E-state index contributed by atoms with van der Waals surface area (Å²) in [7, 11) is 6.07. The standard InChI is InChI=1S/C18H25N7S.HI/c1-14-21-22-17(25(14)4)12-20-18(19-11-16-8-6-10-26-16)24(3)13-15-7-5-9-23(15)2;/h5-10H,11-13H2,1-4H3,(H,19,20);1H. The first-order valence-corrected chi connectivity index (χ1v) is 9.39. The fourth-order valence-corrected chi connectivity index (χ4v) is 3.25. The number of hydrogen-bond donors (Lipinski definition) is 1. The first-order valence-electron chi connectivity index (χ1n) is 8.51. The molecule has 3 rings (SSSR count). The molecule has 0 aliphatic carbocycles. The zero-order chi connectivity index (χ0) is 18.5. The number of rotatable bonds is 6. The van der Waals surface area contributed by atoms with Gasteiger partial charge in [-0.15, -0.1) is 45.5 Å². The van der Waals surface area contributed by atoms with E-state index in [0.717, 1.165) is 30.7 Å². The van der Waals surface area contributed by atoms with Crippen LogP contribution in [0.2, 0.25) is 0 Å². The van der Waals surface area contributed by atoms with Gasteiger partial charge < -0.3 is 19.4 Å². The highest BCUT2D eigenvalue weighted by Crippen LogP contribution is 2.09. The van der Waals surface area contributed by atoms with Crippen LogP contribution in [0.1, 0.15) is 22.2 Å². The second-order valence-electron chi connectivity index (χ2n) is 6.26. The van der Waals surface area contributed by atoms with Crippen molar-refractivity contribution in [2.24, 2.45) is 19.1 Å². The summed E-state index contributed by atoms with van der Waals surface area (Å²) in [4.78, 5) is 8.19. The Hall–Kier alpha value is -1.88. The maximum atomic E-state index is 4.78. The molecule has 3 aromatic rings. The summed E-state index contributed by atoms with van der Waals surface area (Å²) in [5.41, 5.74) is 1.23. The number of halogens is 1. The zero-order valence-corrected chi connectivity index (χ0v) is 19.2. The minimum atomic E-state index is 0. The second kappa shape index (κ2) is 9.88. The van der Waals surface area contributed by atoms with Crippen LogP contribution in [0.3, 0.4) is 0 Å². The van der Waals surface area contributed by atoms with Crippen LogP contribution in [0.15, 0.2) is 40.8 Å². The molecule has 1 N–H and O–H groups in total. The molecular formula is C18H26IN7S. The molecule has 146 valence electrons. The van der Waals surface area contributed by atoms with E-state index in [9.17, 15) is 0 Å². The lowest BCUT2D eigenvalue weighted by atomic mass is 10.4. The van der Waals surface area contributed by atoms with Crippen molar-refractivity contribution in [3.63, 3.8) is 0 Å². The van der Waals surface area contributed by atoms with Gasteiger partial charge in [0.2, 0.25) is 0 Å². The van der Waals surface area contributed by atoms with Crippen LogP contribution in [0.4, 0.5) is 0 Å². The topological polar surface area (TPSA) is 63.3 Å². The molecule has 0 bridgehead atoms. The molecule has 9 heteroatoms. The lowest BCUT2D eigenvalue weighted by Gasteiger charge is -2.22. The van der Waals surface area contributed by atoms with Crippen LogP contribution in [0, 0.1) is 6.92 Å². The highest BCUT2D eigenvalue weighted by molar-refractivity contribution is 14.0. The van der Waals surface area contributed by atoms with Crippen molar-refractivity contribution >= 4 is 41.3 Å². The van der Waals surface area contributed by atoms with Crippen LogP contribution >= 0.6 is 35.3 Å². The van der Waals surface area contributed by atoms with E-state index in [2.05, 4.69) is 74.9 Å². The van der Waals surface area contributed by atoms with E-state index in [0.29, 0.717) is 6.54 Å². The van der Waals surface area contributed by atoms with E-state index < -0.39 is 0 Å². The number of aromatic nitrogens is 4. The second-order valence-corrected chi connectivity index (χ2v) is 7.29. The van der Waals surface area contributed by atoms with Crippen LogP contribution in [-0.2, 0) is 33.7 Å². The van der Waals surface area contributed by atoms with Crippen LogP contribution < -0.4 is 5.32 Å². The third kappa shape index (κ3) is 5.55. The van der Waals surface area contributed by atoms with Crippen molar-refractivity contribution in [3.8, 4) is 0 Å². The maximum Gasteiger partial charge on any atom is 0.194 e. The highest BCUT2D eigenvalue weighted by Gasteiger charge is 2.11. The van der Waals surface area contributed by atoms with E-state index >= 15 is 0 Å². The van der Waals surface area contributed by atoms with Crippen LogP contribution in [0.25, 0.3) is 0 Å². The fraction of sp³-hybridized carbons (Fsp3) is 0.389. The van der Waals surface area contributed by atoms with Gasteiger partial charge in [0.1, 0.15) is 12.4 Å². The van der Waals surface area contributed by atoms with Crippen molar-refractivity contribution < 1.29 is 0 Å². The SMILES string of the molecule is Cc1nnc(CN=C(NCc2cccs2)N(C)Cc2cccn2C)n1C.I. The summed E-state index contributed by atoms with van der Waals surface area (Å²) in [6, 6.07) is 8.37. The molecule has 0 atom stereocenters. The highest BCUT2D eigenvalue weighted by atomic mass is 127. The number of nitrogens with zero attached hydrogens (tertiary/aromatic N) is 6. The van der Waals surface area contributed by atoms with Crippen molar-refractivity contribution in [3.05, 3.63) is 58.1 Å². The monoisotopic (exact) mass is 499 g/mol. The Morgan fingerprint density at radius 2 is 2.07 bits per heavy atom. The normalized spacial score (nSPS) is 11.3. The Balaban J connectivity index is 0.00000261. The Morgan fingerprint density at radius 3 is 2.67 bits per heavy atom. The van der Waals surface area contributed by atoms with Gasteiger partial charge in [0.05, 0.1) is 13.1 Å². The van der Waals surface area contributed by atoms with E-state index in [1.54, 1.807) is 11.3 Å². The summed E-state index contributed by atoms with van der Waals surface area (Å²) in [6.07, 6.45) is 2.06. The number of nitrogens with one attached hydrogen (secondary N) is 1. The summed E-state index contributed by atoms with van der Waals surface area (Å²) >= 11 is 1.74. The molecule has 0 aliphatic rings. The quantitative estimate of drug-likeness (QED) is 0.322. The van der Waals surface area contributed by atoms with Gasteiger partial charge in [0.15, 0.2) is 11.8 Å². The van der Waals surface area contributed by atoms with E-state index in [-0.39, 0.29) is 24.0 Å². The molecule has 0 saturated heterocycles. The third-order valence-corrected chi connectivity index (χ3v) is 5.24. The average molecular weight is 499 g/mol. The molecule has 0 radical (unpaired) electrons. The number of thiophene rings is 1. The van der Waals surface area contributed by atoms with E-state index in [4.69, 9.17) is 4.99 Å². The smallest absolute Gasteiger partial charge is 0.194 e. The Bertz CT molecular complexity index is 866. The van der Waals surface area contributed by atoms with Crippen molar-refractivity contribution in [2.75, 3.05) is 7.05 Å². The van der Waals surface area contributed by atoms with Gasteiger partial charge in [-0.2, -0.15) is 0 Å². The van der Waals surface area contributed by atoms with Crippen LogP contribution in [-0.4, -0.2) is 37.2 Å². The molecule has 0 amide bonds. The lowest BCUT2D eigenvalue weighted by molar-refractivity contribution is 0.459. The van der Waals surface area contributed by atoms with Crippen molar-refractivity contribution in [1.29, 1.82) is 0 Å². The van der Waals surface area contributed by atoms with Gasteiger partial charge in [-0.1, -0.05) is 6.07 Å². The summed E-state index contributed by atoms with van der Waals surface area (Å²) < 4.78 is 4.09. The molecule has 0 saturated carbocycles. The minimum Gasteiger partial charge on any atom is -0.353 e. The molecule has 27 heavy (non-hydrogen) atoms. The molecule has 0 spiro atoms. The van der Waals surface area contributed by atoms with Crippen molar-refractivity contribution in [2.45, 2.75) is 26.6 Å². The first kappa shape index (κ1) is 21.4. The van der Waals surface area contributed by atoms with Gasteiger partial charge in [0.25, 0.3) is 0 Å². The molecule has 0 aliphatic heterocycles. The van der Waals surface area contributed by atoms with E-state index in [1.165, 1.54) is 10.6 Å². The molecular weight excluding hydrogens is 473 g/mol. The van der Waals surface area contributed by atoms with Gasteiger partial charge >= 0.3 is 0 Å². The number of aryl methyl sites for hydroxylation is 2. The first-order chi connectivity index (χ1) is 12.5. The van der Waals surface area contributed by atoms with Gasteiger partial charge in [-0.3, -0.25) is 0 Å². The minimum absolute atomic E-state index is 0. The molecule has 3 aromatic heterocycles. The van der Waals surface area contributed by atoms with E-state index in [1.807, 2.05) is 18.5 Å². The lowest BCUT2D eigenvalue weighted by Crippen LogP contribution is -2.38. The fourth-order valence-electron chi connectivity index (χ4n) is 2.60. The maximum absolute atomic E-state index is 4.78. The summed E-state index contributed by atoms with van der Waals surface area (Å²) in [5.74, 6) is 2.59. The predicted molar refractivity (Wildman–Crippen MR) is 120 cm³/mol. The van der Waals surface area contributed by atoms with Crippen molar-refractivity contribution in [1.82, 2.24) is 29.5 Å². The predicted octanol–water partition coefficient (Wildman–Crippen LogP) is 2.92. The summed E-state index contributed by atoms with van der Waals surface area (Å²) in [6.45, 7) is 3.96. The Morgan fingerprint density at radius 1 is 1.26 bits per heavy atom. The zero-order valence-electron chi connectivity index (χ0n) is 16.1. The van der Waals surface area contributed by atoms with Gasteiger partial charge in [-0.05, 0) is 30.5 Å². The van der Waals surface area contributed by atoms with Gasteiger partial charge in [0, 0.05) is 37.9 Å². The number of aliphatic imine (C=N–C) groups is 1. The molecule has 0 unspecified atom stereocenters. The molecule has 0 fully saturated rings. The Kier molecular flexibility index (Phi) is 7.84. The van der Waals surface area contributed by atoms with Crippen LogP contribution in [0.5, 0.6) is 0 Å². The average Bonchev–Trinajstić information content (AvgIpc) is 3.34. The largest absolute Gasteiger partial charge is 0.353 e. The number of hydrogen-bond acceptors (Lipinski definition) is 4. The number of guanidine groups is 1. The molecule has 7 nitrogen and oxygen atoms in total. The molecule has 3 heterocycles. The third-order valence-electron chi connectivity index (χ3n) is 4.37. The summed E-state index contributed by atoms with van der Waals surface area (Å²) in [5, 5.41) is 13.9.